The molecule has 0 spiro atoms. The molecule has 246 valence electrons. The van der Waals surface area contributed by atoms with Crippen LogP contribution in [0.5, 0.6) is 0 Å². The number of fused-ring (bicyclic) bond motifs is 1. The van der Waals surface area contributed by atoms with Gasteiger partial charge in [-0.25, -0.2) is 18.8 Å². The minimum absolute atomic E-state index is 0.212. The highest BCUT2D eigenvalue weighted by atomic mass is 16.6. The number of ether oxygens (including phenoxy) is 2. The molecular weight excluding hydrogens is 598 g/mol. The highest BCUT2D eigenvalue weighted by Gasteiger charge is 2.30. The van der Waals surface area contributed by atoms with Gasteiger partial charge in [-0.3, -0.25) is 9.55 Å². The normalized spacial score (nSPS) is 13.8. The molecule has 13 heteroatoms. The smallest absolute Gasteiger partial charge is 0.419 e. The zero-order chi connectivity index (χ0) is 33.3. The lowest BCUT2D eigenvalue weighted by atomic mass is 9.85. The fraction of sp³-hybridized carbons (Fsp3) is 0.441. The van der Waals surface area contributed by atoms with Gasteiger partial charge in [-0.15, -0.1) is 15.3 Å². The monoisotopic (exact) mass is 639 g/mol. The Kier molecular flexibility index (Phi) is 8.56. The molecule has 0 bridgehead atoms. The summed E-state index contributed by atoms with van der Waals surface area (Å²) in [6.07, 6.45) is 10.9. The summed E-state index contributed by atoms with van der Waals surface area (Å²) in [5, 5.41) is 17.3. The SMILES string of the molecule is CC(C)(C)OC(=O)N(Cc1cc2ccc(Cn3cc(-c4cncc(-n5cnnc5)c4)nn3)cc2n1C(=O)OC(C)(C)C)CC1CCC1. The van der Waals surface area contributed by atoms with Crippen LogP contribution in [-0.4, -0.2) is 74.1 Å². The third-order valence-corrected chi connectivity index (χ3v) is 7.85. The molecule has 0 atom stereocenters. The summed E-state index contributed by atoms with van der Waals surface area (Å²) in [7, 11) is 0. The Balaban J connectivity index is 1.30. The van der Waals surface area contributed by atoms with E-state index in [9.17, 15) is 9.59 Å². The van der Waals surface area contributed by atoms with Crippen LogP contribution in [0, 0.1) is 5.92 Å². The molecule has 47 heavy (non-hydrogen) atoms. The minimum Gasteiger partial charge on any atom is -0.444 e. The summed E-state index contributed by atoms with van der Waals surface area (Å²) < 4.78 is 16.7. The summed E-state index contributed by atoms with van der Waals surface area (Å²) in [5.74, 6) is 0.419. The molecule has 0 saturated heterocycles. The van der Waals surface area contributed by atoms with Crippen LogP contribution in [-0.2, 0) is 22.6 Å². The number of benzene rings is 1. The van der Waals surface area contributed by atoms with Gasteiger partial charge in [-0.1, -0.05) is 23.8 Å². The topological polar surface area (TPSA) is 135 Å². The van der Waals surface area contributed by atoms with E-state index in [-0.39, 0.29) is 6.54 Å². The molecule has 0 aliphatic heterocycles. The van der Waals surface area contributed by atoms with Crippen LogP contribution in [0.15, 0.2) is 61.6 Å². The number of nitrogens with zero attached hydrogens (tertiary/aromatic N) is 9. The Hall–Kier alpha value is -5.07. The average Bonchev–Trinajstić information content (AvgIpc) is 3.73. The number of carbonyl (C=O) groups is 2. The first-order valence-corrected chi connectivity index (χ1v) is 15.9. The summed E-state index contributed by atoms with van der Waals surface area (Å²) in [6.45, 7) is 12.3. The van der Waals surface area contributed by atoms with E-state index < -0.39 is 23.4 Å². The lowest BCUT2D eigenvalue weighted by Gasteiger charge is -2.33. The predicted octanol–water partition coefficient (Wildman–Crippen LogP) is 6.24. The van der Waals surface area contributed by atoms with Crippen LogP contribution >= 0.6 is 0 Å². The molecule has 0 radical (unpaired) electrons. The van der Waals surface area contributed by atoms with Crippen LogP contribution in [0.3, 0.4) is 0 Å². The largest absolute Gasteiger partial charge is 0.444 e. The third-order valence-electron chi connectivity index (χ3n) is 7.85. The Morgan fingerprint density at radius 3 is 2.38 bits per heavy atom. The number of pyridine rings is 1. The lowest BCUT2D eigenvalue weighted by molar-refractivity contribution is 0.0163. The Labute approximate surface area is 273 Å². The molecule has 1 aromatic carbocycles. The lowest BCUT2D eigenvalue weighted by Crippen LogP contribution is -2.41. The molecule has 4 aromatic heterocycles. The molecule has 1 amide bonds. The second kappa shape index (κ2) is 12.6. The van der Waals surface area contributed by atoms with Gasteiger partial charge in [0.25, 0.3) is 0 Å². The van der Waals surface area contributed by atoms with Gasteiger partial charge in [0.05, 0.1) is 36.7 Å². The van der Waals surface area contributed by atoms with Crippen molar-refractivity contribution in [2.75, 3.05) is 6.54 Å². The van der Waals surface area contributed by atoms with E-state index in [1.54, 1.807) is 43.8 Å². The van der Waals surface area contributed by atoms with Crippen molar-refractivity contribution < 1.29 is 19.1 Å². The standard InChI is InChI=1S/C34H41N9O4/c1-33(2,3)46-31(44)40(17-23-8-7-9-23)19-28-13-25-11-10-24(12-30(25)43(28)32(45)47-34(4,5)6)18-42-20-29(38-39-42)26-14-27(16-35-15-26)41-21-36-37-22-41/h10-16,20-23H,7-9,17-19H2,1-6H3. The summed E-state index contributed by atoms with van der Waals surface area (Å²) in [5.41, 5.74) is 3.18. The van der Waals surface area contributed by atoms with Crippen molar-refractivity contribution in [1.29, 1.82) is 0 Å². The van der Waals surface area contributed by atoms with Crippen LogP contribution in [0.1, 0.15) is 72.1 Å². The average molecular weight is 640 g/mol. The van der Waals surface area contributed by atoms with Crippen LogP contribution in [0.4, 0.5) is 9.59 Å². The van der Waals surface area contributed by atoms with E-state index >= 15 is 0 Å². The quantitative estimate of drug-likeness (QED) is 0.193. The van der Waals surface area contributed by atoms with Crippen molar-refractivity contribution in [3.05, 3.63) is 72.8 Å². The molecule has 1 aliphatic rings. The predicted molar refractivity (Wildman–Crippen MR) is 175 cm³/mol. The molecule has 4 heterocycles. The first-order chi connectivity index (χ1) is 22.3. The number of aromatic nitrogens is 8. The first kappa shape index (κ1) is 31.9. The number of carbonyl (C=O) groups excluding carboxylic acids is 2. The zero-order valence-corrected chi connectivity index (χ0v) is 27.8. The van der Waals surface area contributed by atoms with Gasteiger partial charge in [0.15, 0.2) is 0 Å². The molecular formula is C34H41N9O4. The molecule has 6 rings (SSSR count). The van der Waals surface area contributed by atoms with Gasteiger partial charge in [0.1, 0.15) is 29.6 Å². The Bertz CT molecular complexity index is 1880. The number of hydrogen-bond acceptors (Lipinski definition) is 9. The van der Waals surface area contributed by atoms with Crippen molar-refractivity contribution in [1.82, 2.24) is 44.2 Å². The Morgan fingerprint density at radius 2 is 1.70 bits per heavy atom. The van der Waals surface area contributed by atoms with Crippen LogP contribution in [0.2, 0.25) is 0 Å². The van der Waals surface area contributed by atoms with E-state index in [0.717, 1.165) is 41.5 Å². The van der Waals surface area contributed by atoms with Gasteiger partial charge in [0.2, 0.25) is 0 Å². The fourth-order valence-corrected chi connectivity index (χ4v) is 5.49. The minimum atomic E-state index is -0.711. The number of hydrogen-bond donors (Lipinski definition) is 0. The molecule has 1 fully saturated rings. The number of rotatable bonds is 8. The fourth-order valence-electron chi connectivity index (χ4n) is 5.49. The van der Waals surface area contributed by atoms with Gasteiger partial charge in [-0.2, -0.15) is 0 Å². The second-order valence-corrected chi connectivity index (χ2v) is 14.1. The van der Waals surface area contributed by atoms with Crippen LogP contribution < -0.4 is 0 Å². The van der Waals surface area contributed by atoms with Gasteiger partial charge in [-0.05, 0) is 84.1 Å². The molecule has 13 nitrogen and oxygen atoms in total. The zero-order valence-electron chi connectivity index (χ0n) is 27.8. The highest BCUT2D eigenvalue weighted by molar-refractivity contribution is 5.91. The third kappa shape index (κ3) is 7.67. The summed E-state index contributed by atoms with van der Waals surface area (Å²) in [4.78, 5) is 33.1. The summed E-state index contributed by atoms with van der Waals surface area (Å²) in [6, 6.07) is 9.83. The van der Waals surface area contributed by atoms with Crippen molar-refractivity contribution >= 4 is 23.1 Å². The maximum Gasteiger partial charge on any atom is 0.419 e. The second-order valence-electron chi connectivity index (χ2n) is 14.1. The maximum absolute atomic E-state index is 13.7. The van der Waals surface area contributed by atoms with Crippen molar-refractivity contribution in [2.24, 2.45) is 5.92 Å². The highest BCUT2D eigenvalue weighted by Crippen LogP contribution is 2.30. The maximum atomic E-state index is 13.7. The first-order valence-electron chi connectivity index (χ1n) is 15.9. The summed E-state index contributed by atoms with van der Waals surface area (Å²) >= 11 is 0. The van der Waals surface area contributed by atoms with E-state index in [1.807, 2.05) is 78.1 Å². The molecule has 1 saturated carbocycles. The van der Waals surface area contributed by atoms with Gasteiger partial charge < -0.3 is 14.4 Å². The van der Waals surface area contributed by atoms with E-state index in [1.165, 1.54) is 0 Å². The Morgan fingerprint density at radius 1 is 0.957 bits per heavy atom. The van der Waals surface area contributed by atoms with Gasteiger partial charge in [0, 0.05) is 29.4 Å². The molecule has 5 aromatic rings. The van der Waals surface area contributed by atoms with Crippen molar-refractivity contribution in [3.63, 3.8) is 0 Å². The molecule has 0 unspecified atom stereocenters. The van der Waals surface area contributed by atoms with E-state index in [2.05, 4.69) is 25.5 Å². The van der Waals surface area contributed by atoms with Crippen molar-refractivity contribution in [2.45, 2.75) is 85.1 Å². The van der Waals surface area contributed by atoms with E-state index in [0.29, 0.717) is 35.9 Å². The van der Waals surface area contributed by atoms with Crippen LogP contribution in [0.25, 0.3) is 27.8 Å². The van der Waals surface area contributed by atoms with E-state index in [4.69, 9.17) is 9.47 Å². The number of amides is 1. The van der Waals surface area contributed by atoms with Gasteiger partial charge >= 0.3 is 12.2 Å². The molecule has 1 aliphatic carbocycles. The molecule has 0 N–H and O–H groups in total. The van der Waals surface area contributed by atoms with Crippen molar-refractivity contribution in [3.8, 4) is 16.9 Å².